The van der Waals surface area contributed by atoms with E-state index in [1.807, 2.05) is 12.1 Å². The molecule has 4 nitrogen and oxygen atoms in total. The van der Waals surface area contributed by atoms with E-state index in [0.29, 0.717) is 12.7 Å². The predicted octanol–water partition coefficient (Wildman–Crippen LogP) is 2.29. The van der Waals surface area contributed by atoms with E-state index in [2.05, 4.69) is 28.2 Å². The maximum Gasteiger partial charge on any atom is 0.231 e. The summed E-state index contributed by atoms with van der Waals surface area (Å²) in [4.78, 5) is 0. The van der Waals surface area contributed by atoms with Crippen LogP contribution in [0.5, 0.6) is 11.5 Å². The van der Waals surface area contributed by atoms with Crippen molar-refractivity contribution in [1.82, 2.24) is 5.32 Å². The van der Waals surface area contributed by atoms with Crippen molar-refractivity contribution in [3.63, 3.8) is 0 Å². The number of fused-ring (bicyclic) bond motifs is 1. The topological polar surface area (TPSA) is 50.7 Å². The number of ether oxygens (including phenoxy) is 2. The number of aliphatic hydroxyl groups is 1. The Morgan fingerprint density at radius 2 is 2.28 bits per heavy atom. The molecule has 0 spiro atoms. The summed E-state index contributed by atoms with van der Waals surface area (Å²) in [5.41, 5.74) is 1.15. The maximum atomic E-state index is 8.83. The quantitative estimate of drug-likeness (QED) is 0.845. The van der Waals surface area contributed by atoms with Gasteiger partial charge >= 0.3 is 0 Å². The van der Waals surface area contributed by atoms with E-state index in [9.17, 15) is 0 Å². The lowest BCUT2D eigenvalue weighted by Gasteiger charge is -2.11. The molecule has 0 aliphatic carbocycles. The van der Waals surface area contributed by atoms with Crippen LogP contribution in [0, 0.1) is 5.92 Å². The normalized spacial score (nSPS) is 14.8. The van der Waals surface area contributed by atoms with Gasteiger partial charge < -0.3 is 19.9 Å². The van der Waals surface area contributed by atoms with E-state index in [4.69, 9.17) is 14.6 Å². The fraction of sp³-hybridized carbons (Fsp3) is 0.538. The molecule has 1 aliphatic rings. The molecule has 1 aromatic rings. The SMILES string of the molecule is CC(CCO)CNCc1cc(Br)c2c(c1)OCO2. The van der Waals surface area contributed by atoms with Gasteiger partial charge in [0.25, 0.3) is 0 Å². The third kappa shape index (κ3) is 3.37. The second kappa shape index (κ2) is 6.41. The molecule has 2 N–H and O–H groups in total. The molecule has 0 bridgehead atoms. The summed E-state index contributed by atoms with van der Waals surface area (Å²) < 4.78 is 11.6. The lowest BCUT2D eigenvalue weighted by Crippen LogP contribution is -2.21. The lowest BCUT2D eigenvalue weighted by molar-refractivity contribution is 0.173. The summed E-state index contributed by atoms with van der Waals surface area (Å²) >= 11 is 3.48. The molecule has 0 fully saturated rings. The lowest BCUT2D eigenvalue weighted by atomic mass is 10.1. The van der Waals surface area contributed by atoms with Crippen LogP contribution in [0.4, 0.5) is 0 Å². The smallest absolute Gasteiger partial charge is 0.231 e. The molecule has 0 saturated carbocycles. The number of nitrogens with one attached hydrogen (secondary N) is 1. The predicted molar refractivity (Wildman–Crippen MR) is 72.8 cm³/mol. The monoisotopic (exact) mass is 315 g/mol. The molecule has 2 rings (SSSR count). The molecule has 0 aromatic heterocycles. The Morgan fingerprint density at radius 1 is 1.44 bits per heavy atom. The van der Waals surface area contributed by atoms with Crippen LogP contribution in [-0.2, 0) is 6.54 Å². The minimum atomic E-state index is 0.248. The summed E-state index contributed by atoms with van der Waals surface area (Å²) in [6.07, 6.45) is 0.831. The Bertz CT molecular complexity index is 411. The molecule has 18 heavy (non-hydrogen) atoms. The van der Waals surface area contributed by atoms with Crippen LogP contribution in [0.2, 0.25) is 0 Å². The zero-order chi connectivity index (χ0) is 13.0. The van der Waals surface area contributed by atoms with Gasteiger partial charge in [-0.2, -0.15) is 0 Å². The summed E-state index contributed by atoms with van der Waals surface area (Å²) in [5, 5.41) is 12.2. The third-order valence-electron chi connectivity index (χ3n) is 2.93. The highest BCUT2D eigenvalue weighted by atomic mass is 79.9. The Labute approximate surface area is 115 Å². The molecule has 0 amide bonds. The van der Waals surface area contributed by atoms with Gasteiger partial charge in [0.15, 0.2) is 11.5 Å². The minimum Gasteiger partial charge on any atom is -0.454 e. The van der Waals surface area contributed by atoms with Gasteiger partial charge in [-0.1, -0.05) is 6.92 Å². The largest absolute Gasteiger partial charge is 0.454 e. The minimum absolute atomic E-state index is 0.248. The Hall–Kier alpha value is -0.780. The summed E-state index contributed by atoms with van der Waals surface area (Å²) in [6.45, 7) is 4.34. The zero-order valence-corrected chi connectivity index (χ0v) is 12.0. The Morgan fingerprint density at radius 3 is 3.06 bits per heavy atom. The zero-order valence-electron chi connectivity index (χ0n) is 10.4. The van der Waals surface area contributed by atoms with E-state index in [0.717, 1.165) is 41.0 Å². The molecule has 1 aromatic carbocycles. The van der Waals surface area contributed by atoms with Gasteiger partial charge in [-0.05, 0) is 52.5 Å². The molecule has 0 saturated heterocycles. The van der Waals surface area contributed by atoms with Crippen molar-refractivity contribution in [3.05, 3.63) is 22.2 Å². The molecular formula is C13H18BrNO3. The van der Waals surface area contributed by atoms with Crippen LogP contribution in [-0.4, -0.2) is 25.1 Å². The molecule has 1 aliphatic heterocycles. The van der Waals surface area contributed by atoms with Gasteiger partial charge in [-0.15, -0.1) is 0 Å². The molecule has 0 radical (unpaired) electrons. The van der Waals surface area contributed by atoms with Crippen molar-refractivity contribution in [1.29, 1.82) is 0 Å². The van der Waals surface area contributed by atoms with Gasteiger partial charge in [-0.25, -0.2) is 0 Å². The first-order valence-electron chi connectivity index (χ1n) is 6.10. The summed E-state index contributed by atoms with van der Waals surface area (Å²) in [5.74, 6) is 2.06. The van der Waals surface area contributed by atoms with Gasteiger partial charge in [0.1, 0.15) is 0 Å². The third-order valence-corrected chi connectivity index (χ3v) is 3.52. The van der Waals surface area contributed by atoms with E-state index >= 15 is 0 Å². The standard InChI is InChI=1S/C13H18BrNO3/c1-9(2-3-16)6-15-7-10-4-11(14)13-12(5-10)17-8-18-13/h4-5,9,15-16H,2-3,6-8H2,1H3. The van der Waals surface area contributed by atoms with Crippen LogP contribution in [0.15, 0.2) is 16.6 Å². The van der Waals surface area contributed by atoms with Crippen LogP contribution < -0.4 is 14.8 Å². The average Bonchev–Trinajstić information content (AvgIpc) is 2.78. The van der Waals surface area contributed by atoms with Crippen LogP contribution in [0.1, 0.15) is 18.9 Å². The van der Waals surface area contributed by atoms with Gasteiger partial charge in [0, 0.05) is 13.2 Å². The summed E-state index contributed by atoms with van der Waals surface area (Å²) in [7, 11) is 0. The molecule has 5 heteroatoms. The number of benzene rings is 1. The second-order valence-corrected chi connectivity index (χ2v) is 5.41. The second-order valence-electron chi connectivity index (χ2n) is 4.56. The first kappa shape index (κ1) is 13.6. The van der Waals surface area contributed by atoms with Crippen LogP contribution in [0.25, 0.3) is 0 Å². The van der Waals surface area contributed by atoms with Crippen LogP contribution in [0.3, 0.4) is 0 Å². The average molecular weight is 316 g/mol. The Balaban J connectivity index is 1.88. The number of halogens is 1. The molecule has 100 valence electrons. The van der Waals surface area contributed by atoms with Crippen molar-refractivity contribution in [3.8, 4) is 11.5 Å². The maximum absolute atomic E-state index is 8.83. The first-order chi connectivity index (χ1) is 8.70. The highest BCUT2D eigenvalue weighted by Crippen LogP contribution is 2.39. The Kier molecular flexibility index (Phi) is 4.86. The highest BCUT2D eigenvalue weighted by molar-refractivity contribution is 9.10. The number of hydrogen-bond donors (Lipinski definition) is 2. The van der Waals surface area contributed by atoms with Crippen molar-refractivity contribution >= 4 is 15.9 Å². The highest BCUT2D eigenvalue weighted by Gasteiger charge is 2.17. The van der Waals surface area contributed by atoms with Gasteiger partial charge in [0.2, 0.25) is 6.79 Å². The molecule has 1 unspecified atom stereocenters. The van der Waals surface area contributed by atoms with E-state index in [-0.39, 0.29) is 6.61 Å². The molecule has 1 heterocycles. The fourth-order valence-electron chi connectivity index (χ4n) is 1.91. The molecule has 1 atom stereocenters. The van der Waals surface area contributed by atoms with Crippen molar-refractivity contribution in [2.45, 2.75) is 19.9 Å². The first-order valence-corrected chi connectivity index (χ1v) is 6.89. The van der Waals surface area contributed by atoms with Gasteiger partial charge in [0.05, 0.1) is 4.47 Å². The number of hydrogen-bond acceptors (Lipinski definition) is 4. The van der Waals surface area contributed by atoms with Gasteiger partial charge in [-0.3, -0.25) is 0 Å². The summed E-state index contributed by atoms with van der Waals surface area (Å²) in [6, 6.07) is 4.04. The van der Waals surface area contributed by atoms with E-state index < -0.39 is 0 Å². The van der Waals surface area contributed by atoms with Crippen molar-refractivity contribution in [2.24, 2.45) is 5.92 Å². The van der Waals surface area contributed by atoms with Crippen LogP contribution >= 0.6 is 15.9 Å². The van der Waals surface area contributed by atoms with E-state index in [1.54, 1.807) is 0 Å². The van der Waals surface area contributed by atoms with E-state index in [1.165, 1.54) is 0 Å². The number of rotatable bonds is 6. The molecular weight excluding hydrogens is 298 g/mol. The fourth-order valence-corrected chi connectivity index (χ4v) is 2.51. The number of aliphatic hydroxyl groups excluding tert-OH is 1. The van der Waals surface area contributed by atoms with Crippen molar-refractivity contribution < 1.29 is 14.6 Å². The van der Waals surface area contributed by atoms with Crippen molar-refractivity contribution in [2.75, 3.05) is 19.9 Å².